The first-order valence-electron chi connectivity index (χ1n) is 7.79. The Kier molecular flexibility index (Phi) is 6.23. The van der Waals surface area contributed by atoms with Gasteiger partial charge in [0, 0.05) is 0 Å². The molecule has 1 amide bonds. The number of nitrogens with one attached hydrogen (secondary N) is 1. The lowest BCUT2D eigenvalue weighted by molar-refractivity contribution is -0.118. The summed E-state index contributed by atoms with van der Waals surface area (Å²) in [5.74, 6) is 1.43. The maximum absolute atomic E-state index is 12.1. The highest BCUT2D eigenvalue weighted by molar-refractivity contribution is 8.01. The Bertz CT molecular complexity index is 708. The molecule has 24 heavy (non-hydrogen) atoms. The van der Waals surface area contributed by atoms with Crippen LogP contribution < -0.4 is 10.1 Å². The van der Waals surface area contributed by atoms with Crippen LogP contribution in [-0.2, 0) is 10.2 Å². The average molecular weight is 366 g/mol. The lowest BCUT2D eigenvalue weighted by Gasteiger charge is -2.23. The van der Waals surface area contributed by atoms with Crippen molar-refractivity contribution in [3.8, 4) is 5.75 Å². The number of benzene rings is 1. The van der Waals surface area contributed by atoms with Crippen molar-refractivity contribution in [2.45, 2.75) is 44.4 Å². The molecule has 0 saturated heterocycles. The first kappa shape index (κ1) is 18.7. The normalized spacial score (nSPS) is 11.4. The molecule has 0 unspecified atom stereocenters. The summed E-state index contributed by atoms with van der Waals surface area (Å²) in [4.78, 5) is 12.1. The van der Waals surface area contributed by atoms with Gasteiger partial charge < -0.3 is 4.74 Å². The van der Waals surface area contributed by atoms with E-state index in [1.165, 1.54) is 16.9 Å². The van der Waals surface area contributed by atoms with Crippen molar-refractivity contribution in [2.75, 3.05) is 17.7 Å². The Hall–Kier alpha value is -1.60. The predicted octanol–water partition coefficient (Wildman–Crippen LogP) is 4.27. The zero-order valence-electron chi connectivity index (χ0n) is 14.7. The summed E-state index contributed by atoms with van der Waals surface area (Å²) in [6.07, 6.45) is 0. The largest absolute Gasteiger partial charge is 0.483 e. The molecule has 1 heterocycles. The summed E-state index contributed by atoms with van der Waals surface area (Å²) >= 11 is 2.97. The lowest BCUT2D eigenvalue weighted by Crippen LogP contribution is -2.22. The molecular weight excluding hydrogens is 342 g/mol. The van der Waals surface area contributed by atoms with Gasteiger partial charge in [-0.05, 0) is 29.7 Å². The molecule has 2 aromatic rings. The highest BCUT2D eigenvalue weighted by Crippen LogP contribution is 2.32. The quantitative estimate of drug-likeness (QED) is 0.612. The van der Waals surface area contributed by atoms with Crippen LogP contribution in [0.2, 0.25) is 0 Å². The number of hydrogen-bond donors (Lipinski definition) is 1. The van der Waals surface area contributed by atoms with Gasteiger partial charge in [-0.2, -0.15) is 0 Å². The molecule has 0 saturated carbocycles. The Balaban J connectivity index is 1.98. The summed E-state index contributed by atoms with van der Waals surface area (Å²) in [7, 11) is 0. The molecule has 1 aromatic heterocycles. The number of thioether (sulfide) groups is 1. The molecule has 0 radical (unpaired) electrons. The van der Waals surface area contributed by atoms with E-state index in [0.29, 0.717) is 5.13 Å². The van der Waals surface area contributed by atoms with E-state index in [0.717, 1.165) is 21.4 Å². The van der Waals surface area contributed by atoms with Crippen molar-refractivity contribution < 1.29 is 9.53 Å². The molecule has 2 rings (SSSR count). The van der Waals surface area contributed by atoms with Gasteiger partial charge >= 0.3 is 0 Å². The van der Waals surface area contributed by atoms with E-state index in [-0.39, 0.29) is 17.9 Å². The van der Waals surface area contributed by atoms with Gasteiger partial charge in [0.15, 0.2) is 10.9 Å². The Morgan fingerprint density at radius 1 is 1.33 bits per heavy atom. The molecule has 5 nitrogen and oxygen atoms in total. The fourth-order valence-electron chi connectivity index (χ4n) is 2.10. The SMILES string of the molecule is CCSc1nnc(NC(=O)COc2ccc(C)cc2C(C)(C)C)s1. The van der Waals surface area contributed by atoms with E-state index in [4.69, 9.17) is 4.74 Å². The number of carbonyl (C=O) groups excluding carboxylic acids is 1. The minimum atomic E-state index is -0.236. The number of nitrogens with zero attached hydrogens (tertiary/aromatic N) is 2. The monoisotopic (exact) mass is 365 g/mol. The Labute approximate surface area is 151 Å². The van der Waals surface area contributed by atoms with Crippen LogP contribution in [-0.4, -0.2) is 28.5 Å². The molecule has 0 aliphatic carbocycles. The number of aromatic nitrogens is 2. The maximum Gasteiger partial charge on any atom is 0.264 e. The molecular formula is C17H23N3O2S2. The second-order valence-corrected chi connectivity index (χ2v) is 8.88. The highest BCUT2D eigenvalue weighted by Gasteiger charge is 2.20. The summed E-state index contributed by atoms with van der Waals surface area (Å²) in [5.41, 5.74) is 2.21. The Morgan fingerprint density at radius 2 is 2.08 bits per heavy atom. The minimum Gasteiger partial charge on any atom is -0.483 e. The third kappa shape index (κ3) is 5.21. The molecule has 0 aliphatic rings. The van der Waals surface area contributed by atoms with Crippen molar-refractivity contribution in [3.63, 3.8) is 0 Å². The van der Waals surface area contributed by atoms with Crippen molar-refractivity contribution in [1.29, 1.82) is 0 Å². The van der Waals surface area contributed by atoms with Crippen LogP contribution in [0.3, 0.4) is 0 Å². The molecule has 0 spiro atoms. The molecule has 0 aliphatic heterocycles. The fraction of sp³-hybridized carbons (Fsp3) is 0.471. The molecule has 0 bridgehead atoms. The zero-order chi connectivity index (χ0) is 17.7. The van der Waals surface area contributed by atoms with Crippen LogP contribution in [0.4, 0.5) is 5.13 Å². The van der Waals surface area contributed by atoms with Crippen molar-refractivity contribution in [2.24, 2.45) is 0 Å². The summed E-state index contributed by atoms with van der Waals surface area (Å²) in [6, 6.07) is 6.01. The van der Waals surface area contributed by atoms with Gasteiger partial charge in [-0.3, -0.25) is 10.1 Å². The summed E-state index contributed by atoms with van der Waals surface area (Å²) in [6.45, 7) is 10.4. The molecule has 130 valence electrons. The van der Waals surface area contributed by atoms with Crippen LogP contribution in [0.5, 0.6) is 5.75 Å². The third-order valence-electron chi connectivity index (χ3n) is 3.22. The van der Waals surface area contributed by atoms with E-state index >= 15 is 0 Å². The highest BCUT2D eigenvalue weighted by atomic mass is 32.2. The van der Waals surface area contributed by atoms with Gasteiger partial charge in [-0.25, -0.2) is 0 Å². The first-order chi connectivity index (χ1) is 11.3. The van der Waals surface area contributed by atoms with Crippen molar-refractivity contribution >= 4 is 34.1 Å². The number of ether oxygens (including phenoxy) is 1. The molecule has 7 heteroatoms. The number of rotatable bonds is 6. The van der Waals surface area contributed by atoms with Gasteiger partial charge in [0.25, 0.3) is 5.91 Å². The van der Waals surface area contributed by atoms with Gasteiger partial charge in [-0.1, -0.05) is 68.5 Å². The summed E-state index contributed by atoms with van der Waals surface area (Å²) < 4.78 is 6.60. The van der Waals surface area contributed by atoms with E-state index < -0.39 is 0 Å². The number of amides is 1. The van der Waals surface area contributed by atoms with E-state index in [1.807, 2.05) is 26.0 Å². The van der Waals surface area contributed by atoms with Crippen LogP contribution in [0.1, 0.15) is 38.8 Å². The van der Waals surface area contributed by atoms with E-state index in [1.54, 1.807) is 11.8 Å². The lowest BCUT2D eigenvalue weighted by atomic mass is 9.85. The van der Waals surface area contributed by atoms with Crippen LogP contribution >= 0.6 is 23.1 Å². The Morgan fingerprint density at radius 3 is 2.75 bits per heavy atom. The second-order valence-electron chi connectivity index (χ2n) is 6.39. The van der Waals surface area contributed by atoms with Gasteiger partial charge in [0.05, 0.1) is 0 Å². The maximum atomic E-state index is 12.1. The van der Waals surface area contributed by atoms with Crippen molar-refractivity contribution in [1.82, 2.24) is 10.2 Å². The van der Waals surface area contributed by atoms with Crippen LogP contribution in [0.25, 0.3) is 0 Å². The second kappa shape index (κ2) is 7.98. The van der Waals surface area contributed by atoms with Crippen LogP contribution in [0.15, 0.2) is 22.5 Å². The fourth-order valence-corrected chi connectivity index (χ4v) is 3.76. The number of aryl methyl sites for hydroxylation is 1. The summed E-state index contributed by atoms with van der Waals surface area (Å²) in [5, 5.41) is 11.2. The van der Waals surface area contributed by atoms with E-state index in [2.05, 4.69) is 42.4 Å². The molecule has 0 fully saturated rings. The standard InChI is InChI=1S/C17H23N3O2S2/c1-6-23-16-20-19-15(24-16)18-14(21)10-22-13-8-7-11(2)9-12(13)17(3,4)5/h7-9H,6,10H2,1-5H3,(H,18,19,21). The number of hydrogen-bond acceptors (Lipinski definition) is 6. The molecule has 1 aromatic carbocycles. The zero-order valence-corrected chi connectivity index (χ0v) is 16.3. The number of carbonyl (C=O) groups is 1. The average Bonchev–Trinajstić information content (AvgIpc) is 2.92. The number of anilines is 1. The first-order valence-corrected chi connectivity index (χ1v) is 9.60. The van der Waals surface area contributed by atoms with E-state index in [9.17, 15) is 4.79 Å². The van der Waals surface area contributed by atoms with Gasteiger partial charge in [0.1, 0.15) is 5.75 Å². The van der Waals surface area contributed by atoms with Gasteiger partial charge in [0.2, 0.25) is 5.13 Å². The molecule has 0 atom stereocenters. The predicted molar refractivity (Wildman–Crippen MR) is 100 cm³/mol. The molecule has 1 N–H and O–H groups in total. The van der Waals surface area contributed by atoms with Crippen LogP contribution in [0, 0.1) is 6.92 Å². The van der Waals surface area contributed by atoms with Gasteiger partial charge in [-0.15, -0.1) is 10.2 Å². The minimum absolute atomic E-state index is 0.0522. The topological polar surface area (TPSA) is 64.1 Å². The third-order valence-corrected chi connectivity index (χ3v) is 5.08. The smallest absolute Gasteiger partial charge is 0.264 e. The van der Waals surface area contributed by atoms with Crippen molar-refractivity contribution in [3.05, 3.63) is 29.3 Å².